The summed E-state index contributed by atoms with van der Waals surface area (Å²) in [5, 5.41) is 4.05. The first-order valence-electron chi connectivity index (χ1n) is 6.64. The second kappa shape index (κ2) is 4.98. The van der Waals surface area contributed by atoms with Crippen molar-refractivity contribution in [2.45, 2.75) is 44.7 Å². The van der Waals surface area contributed by atoms with Crippen LogP contribution in [0.25, 0.3) is 10.3 Å². The predicted octanol–water partition coefficient (Wildman–Crippen LogP) is 2.75. The van der Waals surface area contributed by atoms with E-state index in [1.807, 2.05) is 6.07 Å². The van der Waals surface area contributed by atoms with Gasteiger partial charge in [-0.05, 0) is 38.8 Å². The minimum Gasteiger partial charge on any atom is -0.312 e. The van der Waals surface area contributed by atoms with Gasteiger partial charge in [0, 0.05) is 23.7 Å². The van der Waals surface area contributed by atoms with Crippen molar-refractivity contribution in [3.05, 3.63) is 22.8 Å². The summed E-state index contributed by atoms with van der Waals surface area (Å²) < 4.78 is 0. The Bertz CT molecular complexity index is 600. The lowest BCUT2D eigenvalue weighted by Crippen LogP contribution is -2.41. The van der Waals surface area contributed by atoms with E-state index in [2.05, 4.69) is 30.2 Å². The third-order valence-electron chi connectivity index (χ3n) is 3.66. The van der Waals surface area contributed by atoms with E-state index in [-0.39, 0.29) is 0 Å². The maximum absolute atomic E-state index is 10.8. The van der Waals surface area contributed by atoms with Crippen LogP contribution >= 0.6 is 11.3 Å². The SMILES string of the molecule is CC1CC(c2ccc3nc(C=O)sc3n2)CC(C)N1. The number of aromatic nitrogens is 2. The summed E-state index contributed by atoms with van der Waals surface area (Å²) in [6, 6.07) is 5.10. The van der Waals surface area contributed by atoms with Gasteiger partial charge in [0.05, 0.1) is 0 Å². The number of nitrogens with zero attached hydrogens (tertiary/aromatic N) is 2. The molecule has 2 unspecified atom stereocenters. The van der Waals surface area contributed by atoms with Crippen LogP contribution in [0.15, 0.2) is 12.1 Å². The lowest BCUT2D eigenvalue weighted by atomic mass is 9.86. The van der Waals surface area contributed by atoms with Gasteiger partial charge in [0.25, 0.3) is 0 Å². The Kier molecular flexibility index (Phi) is 3.33. The van der Waals surface area contributed by atoms with E-state index in [0.29, 0.717) is 23.0 Å². The molecule has 0 radical (unpaired) electrons. The summed E-state index contributed by atoms with van der Waals surface area (Å²) in [6.45, 7) is 4.44. The molecule has 1 N–H and O–H groups in total. The van der Waals surface area contributed by atoms with Gasteiger partial charge in [-0.2, -0.15) is 0 Å². The highest BCUT2D eigenvalue weighted by molar-refractivity contribution is 7.19. The van der Waals surface area contributed by atoms with Crippen molar-refractivity contribution in [1.82, 2.24) is 15.3 Å². The summed E-state index contributed by atoms with van der Waals surface area (Å²) in [5.41, 5.74) is 1.96. The molecule has 2 atom stereocenters. The fourth-order valence-electron chi connectivity index (χ4n) is 2.94. The van der Waals surface area contributed by atoms with Crippen molar-refractivity contribution >= 4 is 28.0 Å². The number of aldehydes is 1. The first-order valence-corrected chi connectivity index (χ1v) is 7.46. The van der Waals surface area contributed by atoms with E-state index in [1.165, 1.54) is 11.3 Å². The molecular weight excluding hydrogens is 258 g/mol. The van der Waals surface area contributed by atoms with Crippen LogP contribution in [0.2, 0.25) is 0 Å². The quantitative estimate of drug-likeness (QED) is 0.856. The number of pyridine rings is 1. The number of carbonyl (C=O) groups excluding carboxylic acids is 1. The molecule has 0 amide bonds. The van der Waals surface area contributed by atoms with Gasteiger partial charge in [-0.15, -0.1) is 0 Å². The third kappa shape index (κ3) is 2.53. The van der Waals surface area contributed by atoms with E-state index in [9.17, 15) is 4.79 Å². The summed E-state index contributed by atoms with van der Waals surface area (Å²) in [7, 11) is 0. The average molecular weight is 275 g/mol. The standard InChI is InChI=1S/C14H17N3OS/c1-8-5-10(6-9(2)15-8)11-3-4-12-14(17-11)19-13(7-18)16-12/h3-4,7-10,15H,5-6H2,1-2H3. The molecule has 19 heavy (non-hydrogen) atoms. The number of rotatable bonds is 2. The van der Waals surface area contributed by atoms with Crippen molar-refractivity contribution < 1.29 is 4.79 Å². The number of piperidine rings is 1. The molecule has 100 valence electrons. The monoisotopic (exact) mass is 275 g/mol. The topological polar surface area (TPSA) is 54.9 Å². The van der Waals surface area contributed by atoms with Gasteiger partial charge < -0.3 is 5.32 Å². The van der Waals surface area contributed by atoms with E-state index >= 15 is 0 Å². The molecule has 0 aliphatic carbocycles. The summed E-state index contributed by atoms with van der Waals surface area (Å²) in [6.07, 6.45) is 3.02. The normalized spacial score (nSPS) is 27.6. The fourth-order valence-corrected chi connectivity index (χ4v) is 3.70. The summed E-state index contributed by atoms with van der Waals surface area (Å²) in [5.74, 6) is 0.498. The Morgan fingerprint density at radius 3 is 2.68 bits per heavy atom. The molecule has 2 aromatic rings. The predicted molar refractivity (Wildman–Crippen MR) is 76.8 cm³/mol. The number of hydrogen-bond donors (Lipinski definition) is 1. The number of nitrogens with one attached hydrogen (secondary N) is 1. The van der Waals surface area contributed by atoms with Gasteiger partial charge in [0.15, 0.2) is 11.3 Å². The first kappa shape index (κ1) is 12.7. The second-order valence-corrected chi connectivity index (χ2v) is 6.38. The van der Waals surface area contributed by atoms with Crippen LogP contribution in [0.3, 0.4) is 0 Å². The van der Waals surface area contributed by atoms with Crippen LogP contribution in [-0.2, 0) is 0 Å². The average Bonchev–Trinajstić information content (AvgIpc) is 2.79. The molecule has 0 spiro atoms. The first-order chi connectivity index (χ1) is 9.15. The molecule has 2 aromatic heterocycles. The van der Waals surface area contributed by atoms with Crippen molar-refractivity contribution in [3.63, 3.8) is 0 Å². The second-order valence-electron chi connectivity index (χ2n) is 5.37. The third-order valence-corrected chi connectivity index (χ3v) is 4.55. The molecule has 1 aliphatic heterocycles. The maximum atomic E-state index is 10.8. The minimum atomic E-state index is 0.498. The molecule has 5 heteroatoms. The summed E-state index contributed by atoms with van der Waals surface area (Å²) in [4.78, 5) is 20.6. The van der Waals surface area contributed by atoms with Crippen molar-refractivity contribution in [2.75, 3.05) is 0 Å². The van der Waals surface area contributed by atoms with Gasteiger partial charge in [-0.3, -0.25) is 4.79 Å². The van der Waals surface area contributed by atoms with Gasteiger partial charge in [0.2, 0.25) is 0 Å². The molecule has 0 aromatic carbocycles. The summed E-state index contributed by atoms with van der Waals surface area (Å²) >= 11 is 1.37. The molecule has 3 heterocycles. The van der Waals surface area contributed by atoms with Crippen LogP contribution < -0.4 is 5.32 Å². The van der Waals surface area contributed by atoms with E-state index in [0.717, 1.165) is 35.2 Å². The highest BCUT2D eigenvalue weighted by Crippen LogP contribution is 2.31. The smallest absolute Gasteiger partial charge is 0.178 e. The van der Waals surface area contributed by atoms with E-state index in [1.54, 1.807) is 0 Å². The highest BCUT2D eigenvalue weighted by Gasteiger charge is 2.25. The maximum Gasteiger partial charge on any atom is 0.178 e. The van der Waals surface area contributed by atoms with Crippen molar-refractivity contribution in [1.29, 1.82) is 0 Å². The number of thiazole rings is 1. The zero-order valence-electron chi connectivity index (χ0n) is 11.1. The van der Waals surface area contributed by atoms with E-state index in [4.69, 9.17) is 4.98 Å². The highest BCUT2D eigenvalue weighted by atomic mass is 32.1. The van der Waals surface area contributed by atoms with Gasteiger partial charge in [0.1, 0.15) is 10.3 Å². The Hall–Kier alpha value is -1.33. The fraction of sp³-hybridized carbons (Fsp3) is 0.500. The van der Waals surface area contributed by atoms with Crippen LogP contribution in [0.1, 0.15) is 48.1 Å². The lowest BCUT2D eigenvalue weighted by molar-refractivity contribution is 0.112. The zero-order chi connectivity index (χ0) is 13.4. The molecule has 1 aliphatic rings. The van der Waals surface area contributed by atoms with Crippen molar-refractivity contribution in [2.24, 2.45) is 0 Å². The molecule has 4 nitrogen and oxygen atoms in total. The molecule has 0 saturated carbocycles. The number of carbonyl (C=O) groups is 1. The Labute approximate surface area is 116 Å². The van der Waals surface area contributed by atoms with Gasteiger partial charge >= 0.3 is 0 Å². The van der Waals surface area contributed by atoms with Crippen LogP contribution in [-0.4, -0.2) is 28.3 Å². The molecule has 1 saturated heterocycles. The molecule has 3 rings (SSSR count). The van der Waals surface area contributed by atoms with E-state index < -0.39 is 0 Å². The Morgan fingerprint density at radius 2 is 2.00 bits per heavy atom. The largest absolute Gasteiger partial charge is 0.312 e. The number of hydrogen-bond acceptors (Lipinski definition) is 5. The minimum absolute atomic E-state index is 0.498. The number of fused-ring (bicyclic) bond motifs is 1. The van der Waals surface area contributed by atoms with Gasteiger partial charge in [-0.25, -0.2) is 9.97 Å². The van der Waals surface area contributed by atoms with Gasteiger partial charge in [-0.1, -0.05) is 11.3 Å². The van der Waals surface area contributed by atoms with Crippen LogP contribution in [0.5, 0.6) is 0 Å². The Balaban J connectivity index is 1.93. The molecule has 1 fully saturated rings. The zero-order valence-corrected chi connectivity index (χ0v) is 11.9. The molecule has 0 bridgehead atoms. The lowest BCUT2D eigenvalue weighted by Gasteiger charge is -2.32. The van der Waals surface area contributed by atoms with Crippen LogP contribution in [0, 0.1) is 0 Å². The van der Waals surface area contributed by atoms with Crippen LogP contribution in [0.4, 0.5) is 0 Å². The molecular formula is C14H17N3OS. The Morgan fingerprint density at radius 1 is 1.26 bits per heavy atom. The van der Waals surface area contributed by atoms with Crippen molar-refractivity contribution in [3.8, 4) is 0 Å².